The number of carbonyl (C=O) groups is 1. The summed E-state index contributed by atoms with van der Waals surface area (Å²) in [6.07, 6.45) is 3.68. The minimum absolute atomic E-state index is 0.362. The minimum atomic E-state index is -0.502. The van der Waals surface area contributed by atoms with Gasteiger partial charge in [0, 0.05) is 22.6 Å². The van der Waals surface area contributed by atoms with Crippen LogP contribution in [0.15, 0.2) is 11.6 Å². The molecule has 2 aromatic rings. The van der Waals surface area contributed by atoms with Gasteiger partial charge in [0.1, 0.15) is 10.6 Å². The number of piperidine rings is 1. The largest absolute Gasteiger partial charge is 0.444 e. The molecule has 142 valence electrons. The highest BCUT2D eigenvalue weighted by Gasteiger charge is 2.24. The minimum Gasteiger partial charge on any atom is -0.444 e. The Morgan fingerprint density at radius 2 is 2.15 bits per heavy atom. The standard InChI is InChI=1S/C18H27N5O2S/c1-18(2,3)25-17(24)19-10-15-21-14(11-26-15)13-9-20-22-16(13)12-5-7-23(4)8-6-12/h9,11-12H,5-8,10H2,1-4H3,(H,19,24)(H,20,22). The molecule has 0 aromatic carbocycles. The van der Waals surface area contributed by atoms with E-state index in [-0.39, 0.29) is 0 Å². The van der Waals surface area contributed by atoms with E-state index in [4.69, 9.17) is 4.74 Å². The van der Waals surface area contributed by atoms with Crippen molar-refractivity contribution >= 4 is 17.4 Å². The molecule has 8 heteroatoms. The van der Waals surface area contributed by atoms with E-state index in [1.54, 1.807) is 0 Å². The quantitative estimate of drug-likeness (QED) is 0.853. The molecule has 0 radical (unpaired) electrons. The van der Waals surface area contributed by atoms with Crippen LogP contribution >= 0.6 is 11.3 Å². The third kappa shape index (κ3) is 4.82. The van der Waals surface area contributed by atoms with Crippen LogP contribution < -0.4 is 5.32 Å². The van der Waals surface area contributed by atoms with Crippen molar-refractivity contribution in [1.29, 1.82) is 0 Å². The Morgan fingerprint density at radius 1 is 1.42 bits per heavy atom. The predicted octanol–water partition coefficient (Wildman–Crippen LogP) is 3.37. The lowest BCUT2D eigenvalue weighted by atomic mass is 9.91. The van der Waals surface area contributed by atoms with Crippen molar-refractivity contribution in [1.82, 2.24) is 25.4 Å². The second-order valence-electron chi connectivity index (χ2n) is 7.76. The number of nitrogens with one attached hydrogen (secondary N) is 2. The molecule has 1 amide bonds. The molecule has 2 N–H and O–H groups in total. The summed E-state index contributed by atoms with van der Waals surface area (Å²) >= 11 is 1.53. The summed E-state index contributed by atoms with van der Waals surface area (Å²) in [6, 6.07) is 0. The van der Waals surface area contributed by atoms with Crippen LogP contribution in [0.3, 0.4) is 0 Å². The molecule has 2 aromatic heterocycles. The van der Waals surface area contributed by atoms with Gasteiger partial charge in [-0.15, -0.1) is 11.3 Å². The van der Waals surface area contributed by atoms with E-state index >= 15 is 0 Å². The van der Waals surface area contributed by atoms with Gasteiger partial charge in [0.15, 0.2) is 0 Å². The van der Waals surface area contributed by atoms with E-state index in [9.17, 15) is 4.79 Å². The van der Waals surface area contributed by atoms with Gasteiger partial charge in [0.05, 0.1) is 18.4 Å². The van der Waals surface area contributed by atoms with Gasteiger partial charge >= 0.3 is 6.09 Å². The molecule has 0 bridgehead atoms. The van der Waals surface area contributed by atoms with Crippen LogP contribution in [0.1, 0.15) is 50.2 Å². The average Bonchev–Trinajstić information content (AvgIpc) is 3.21. The van der Waals surface area contributed by atoms with Gasteiger partial charge in [-0.2, -0.15) is 5.10 Å². The Balaban J connectivity index is 1.64. The second kappa shape index (κ2) is 7.75. The van der Waals surface area contributed by atoms with Crippen LogP contribution in [0.4, 0.5) is 4.79 Å². The number of hydrogen-bond acceptors (Lipinski definition) is 6. The van der Waals surface area contributed by atoms with Crippen LogP contribution in [-0.4, -0.2) is 51.9 Å². The zero-order valence-corrected chi connectivity index (χ0v) is 16.7. The molecule has 3 rings (SSSR count). The Kier molecular flexibility index (Phi) is 5.62. The molecule has 1 aliphatic heterocycles. The Bertz CT molecular complexity index is 741. The Labute approximate surface area is 158 Å². The van der Waals surface area contributed by atoms with Crippen LogP contribution in [0, 0.1) is 0 Å². The zero-order chi connectivity index (χ0) is 18.7. The van der Waals surface area contributed by atoms with Crippen molar-refractivity contribution in [3.8, 4) is 11.3 Å². The molecule has 3 heterocycles. The summed E-state index contributed by atoms with van der Waals surface area (Å²) in [6.45, 7) is 8.10. The monoisotopic (exact) mass is 377 g/mol. The maximum atomic E-state index is 11.8. The lowest BCUT2D eigenvalue weighted by Gasteiger charge is -2.28. The van der Waals surface area contributed by atoms with Gasteiger partial charge < -0.3 is 15.0 Å². The zero-order valence-electron chi connectivity index (χ0n) is 15.8. The molecule has 7 nitrogen and oxygen atoms in total. The lowest BCUT2D eigenvalue weighted by molar-refractivity contribution is 0.0523. The third-order valence-corrected chi connectivity index (χ3v) is 5.25. The van der Waals surface area contributed by atoms with Gasteiger partial charge in [-0.25, -0.2) is 9.78 Å². The van der Waals surface area contributed by atoms with Crippen molar-refractivity contribution in [2.45, 2.75) is 51.7 Å². The first kappa shape index (κ1) is 18.8. The fourth-order valence-corrected chi connectivity index (χ4v) is 3.82. The molecule has 1 saturated heterocycles. The van der Waals surface area contributed by atoms with E-state index in [1.165, 1.54) is 17.0 Å². The molecule has 0 atom stereocenters. The number of H-pyrrole nitrogens is 1. The number of hydrogen-bond donors (Lipinski definition) is 2. The number of carbonyl (C=O) groups excluding carboxylic acids is 1. The normalized spacial score (nSPS) is 16.6. The van der Waals surface area contributed by atoms with E-state index < -0.39 is 11.7 Å². The summed E-state index contributed by atoms with van der Waals surface area (Å²) in [5.74, 6) is 0.494. The van der Waals surface area contributed by atoms with Crippen molar-refractivity contribution in [3.05, 3.63) is 22.3 Å². The summed E-state index contributed by atoms with van der Waals surface area (Å²) in [5, 5.41) is 13.1. The number of ether oxygens (including phenoxy) is 1. The first-order chi connectivity index (χ1) is 12.3. The van der Waals surface area contributed by atoms with E-state index in [0.29, 0.717) is 12.5 Å². The van der Waals surface area contributed by atoms with Gasteiger partial charge in [0.25, 0.3) is 0 Å². The highest BCUT2D eigenvalue weighted by atomic mass is 32.1. The number of likely N-dealkylation sites (tertiary alicyclic amines) is 1. The smallest absolute Gasteiger partial charge is 0.408 e. The fourth-order valence-electron chi connectivity index (χ4n) is 3.09. The summed E-state index contributed by atoms with van der Waals surface area (Å²) < 4.78 is 5.25. The molecular formula is C18H27N5O2S. The number of thiazole rings is 1. The number of alkyl carbamates (subject to hydrolysis) is 1. The van der Waals surface area contributed by atoms with E-state index in [0.717, 1.165) is 42.2 Å². The molecule has 0 unspecified atom stereocenters. The Morgan fingerprint density at radius 3 is 2.85 bits per heavy atom. The van der Waals surface area contributed by atoms with E-state index in [2.05, 4.69) is 32.4 Å². The average molecular weight is 378 g/mol. The molecule has 26 heavy (non-hydrogen) atoms. The number of nitrogens with zero attached hydrogens (tertiary/aromatic N) is 3. The lowest BCUT2D eigenvalue weighted by Crippen LogP contribution is -2.32. The van der Waals surface area contributed by atoms with Crippen LogP contribution in [0.25, 0.3) is 11.3 Å². The van der Waals surface area contributed by atoms with Crippen molar-refractivity contribution < 1.29 is 9.53 Å². The third-order valence-electron chi connectivity index (χ3n) is 4.41. The first-order valence-electron chi connectivity index (χ1n) is 8.95. The summed E-state index contributed by atoms with van der Waals surface area (Å²) in [7, 11) is 2.16. The summed E-state index contributed by atoms with van der Waals surface area (Å²) in [4.78, 5) is 18.8. The molecule has 0 aliphatic carbocycles. The Hall–Kier alpha value is -1.93. The number of amides is 1. The van der Waals surface area contributed by atoms with Gasteiger partial charge in [-0.1, -0.05) is 0 Å². The van der Waals surface area contributed by atoms with Crippen molar-refractivity contribution in [2.75, 3.05) is 20.1 Å². The topological polar surface area (TPSA) is 83.1 Å². The summed E-state index contributed by atoms with van der Waals surface area (Å²) in [5.41, 5.74) is 2.66. The molecule has 1 aliphatic rings. The van der Waals surface area contributed by atoms with Gasteiger partial charge in [0.2, 0.25) is 0 Å². The first-order valence-corrected chi connectivity index (χ1v) is 9.83. The van der Waals surface area contributed by atoms with Crippen molar-refractivity contribution in [2.24, 2.45) is 0 Å². The predicted molar refractivity (Wildman–Crippen MR) is 102 cm³/mol. The molecule has 0 saturated carbocycles. The highest BCUT2D eigenvalue weighted by Crippen LogP contribution is 2.33. The number of rotatable bonds is 4. The maximum Gasteiger partial charge on any atom is 0.408 e. The molecule has 1 fully saturated rings. The van der Waals surface area contributed by atoms with Crippen LogP contribution in [-0.2, 0) is 11.3 Å². The fraction of sp³-hybridized carbons (Fsp3) is 0.611. The van der Waals surface area contributed by atoms with Gasteiger partial charge in [-0.05, 0) is 53.8 Å². The maximum absolute atomic E-state index is 11.8. The van der Waals surface area contributed by atoms with Crippen LogP contribution in [0.5, 0.6) is 0 Å². The van der Waals surface area contributed by atoms with Gasteiger partial charge in [-0.3, -0.25) is 5.10 Å². The van der Waals surface area contributed by atoms with Crippen LogP contribution in [0.2, 0.25) is 0 Å². The van der Waals surface area contributed by atoms with Crippen molar-refractivity contribution in [3.63, 3.8) is 0 Å². The highest BCUT2D eigenvalue weighted by molar-refractivity contribution is 7.09. The number of aromatic nitrogens is 3. The molecule has 0 spiro atoms. The SMILES string of the molecule is CN1CCC(c2[nH]ncc2-c2csc(CNC(=O)OC(C)(C)C)n2)CC1. The second-order valence-corrected chi connectivity index (χ2v) is 8.70. The van der Waals surface area contributed by atoms with E-state index in [1.807, 2.05) is 32.3 Å². The number of aromatic amines is 1. The molecular weight excluding hydrogens is 350 g/mol.